The summed E-state index contributed by atoms with van der Waals surface area (Å²) in [6, 6.07) is 10.7. The number of hydrogen-bond donors (Lipinski definition) is 0. The summed E-state index contributed by atoms with van der Waals surface area (Å²) < 4.78 is 0.905. The molecule has 1 atom stereocenters. The number of carbonyl (C=O) groups excluding carboxylic acids is 1. The van der Waals surface area contributed by atoms with Gasteiger partial charge < -0.3 is 4.90 Å². The van der Waals surface area contributed by atoms with Crippen molar-refractivity contribution in [2.75, 3.05) is 11.4 Å². The smallest absolute Gasteiger partial charge is 0.193 e. The van der Waals surface area contributed by atoms with Crippen molar-refractivity contribution in [2.24, 2.45) is 0 Å². The fourth-order valence-electron chi connectivity index (χ4n) is 2.59. The molecule has 0 saturated carbocycles. The number of halogens is 1. The molecule has 1 aliphatic rings. The van der Waals surface area contributed by atoms with Gasteiger partial charge >= 0.3 is 0 Å². The minimum Gasteiger partial charge on any atom is -0.361 e. The lowest BCUT2D eigenvalue weighted by Crippen LogP contribution is -2.34. The highest BCUT2D eigenvalue weighted by Crippen LogP contribution is 2.32. The number of thiophene rings is 1. The first kappa shape index (κ1) is 12.9. The van der Waals surface area contributed by atoms with Gasteiger partial charge in [0.1, 0.15) is 0 Å². The molecule has 1 aliphatic heterocycles. The summed E-state index contributed by atoms with van der Waals surface area (Å²) in [6.07, 6.45) is 1.02. The van der Waals surface area contributed by atoms with Crippen LogP contribution in [0.3, 0.4) is 0 Å². The van der Waals surface area contributed by atoms with E-state index in [4.69, 9.17) is 0 Å². The Balaban J connectivity index is 1.84. The minimum absolute atomic E-state index is 0.186. The lowest BCUT2D eigenvalue weighted by atomic mass is 10.1. The highest BCUT2D eigenvalue weighted by atomic mass is 79.9. The summed E-state index contributed by atoms with van der Waals surface area (Å²) in [4.78, 5) is 15.4. The van der Waals surface area contributed by atoms with Gasteiger partial charge in [-0.15, -0.1) is 11.3 Å². The van der Waals surface area contributed by atoms with Gasteiger partial charge in [0, 0.05) is 16.2 Å². The Morgan fingerprint density at radius 2 is 2.21 bits per heavy atom. The van der Waals surface area contributed by atoms with Crippen LogP contribution < -0.4 is 4.90 Å². The van der Waals surface area contributed by atoms with Crippen molar-refractivity contribution in [1.29, 1.82) is 0 Å². The zero-order chi connectivity index (χ0) is 13.4. The highest BCUT2D eigenvalue weighted by molar-refractivity contribution is 9.10. The fraction of sp³-hybridized carbons (Fsp3) is 0.267. The minimum atomic E-state index is 0.186. The Morgan fingerprint density at radius 1 is 1.42 bits per heavy atom. The summed E-state index contributed by atoms with van der Waals surface area (Å²) in [5, 5.41) is 1.94. The predicted octanol–water partition coefficient (Wildman–Crippen LogP) is 4.14. The molecule has 2 nitrogen and oxygen atoms in total. The molecule has 0 bridgehead atoms. The lowest BCUT2D eigenvalue weighted by Gasteiger charge is -2.23. The first-order chi connectivity index (χ1) is 9.16. The molecule has 0 amide bonds. The van der Waals surface area contributed by atoms with Crippen molar-refractivity contribution < 1.29 is 4.79 Å². The summed E-state index contributed by atoms with van der Waals surface area (Å²) in [5.74, 6) is 0.186. The SMILES string of the molecule is CC1Cc2ccccc2N1CC(=O)c1sccc1Br. The topological polar surface area (TPSA) is 20.3 Å². The van der Waals surface area contributed by atoms with Crippen LogP contribution in [-0.4, -0.2) is 18.4 Å². The third kappa shape index (κ3) is 2.35. The van der Waals surface area contributed by atoms with Crippen molar-refractivity contribution in [3.05, 3.63) is 50.6 Å². The molecule has 0 saturated heterocycles. The molecule has 0 radical (unpaired) electrons. The molecule has 2 heterocycles. The number of hydrogen-bond acceptors (Lipinski definition) is 3. The van der Waals surface area contributed by atoms with Crippen molar-refractivity contribution in [3.8, 4) is 0 Å². The molecule has 0 N–H and O–H groups in total. The Bertz CT molecular complexity index is 622. The van der Waals surface area contributed by atoms with Gasteiger partial charge in [-0.2, -0.15) is 0 Å². The number of rotatable bonds is 3. The van der Waals surface area contributed by atoms with E-state index in [1.807, 2.05) is 17.5 Å². The molecule has 0 spiro atoms. The summed E-state index contributed by atoms with van der Waals surface area (Å²) in [7, 11) is 0. The summed E-state index contributed by atoms with van der Waals surface area (Å²) in [6.45, 7) is 2.63. The second-order valence-electron chi connectivity index (χ2n) is 4.83. The summed E-state index contributed by atoms with van der Waals surface area (Å²) in [5.41, 5.74) is 2.55. The van der Waals surface area contributed by atoms with Crippen LogP contribution in [0.4, 0.5) is 5.69 Å². The molecule has 1 aromatic heterocycles. The van der Waals surface area contributed by atoms with Gasteiger partial charge in [-0.3, -0.25) is 4.79 Å². The van der Waals surface area contributed by atoms with Crippen LogP contribution in [0.1, 0.15) is 22.2 Å². The molecular weight excluding hydrogens is 322 g/mol. The highest BCUT2D eigenvalue weighted by Gasteiger charge is 2.27. The van der Waals surface area contributed by atoms with E-state index in [2.05, 4.69) is 46.0 Å². The number of fused-ring (bicyclic) bond motifs is 1. The van der Waals surface area contributed by atoms with E-state index in [0.717, 1.165) is 15.8 Å². The molecule has 98 valence electrons. The van der Waals surface area contributed by atoms with Crippen LogP contribution in [0.15, 0.2) is 40.2 Å². The predicted molar refractivity (Wildman–Crippen MR) is 83.3 cm³/mol. The van der Waals surface area contributed by atoms with Crippen LogP contribution in [0, 0.1) is 0 Å². The average molecular weight is 336 g/mol. The first-order valence-electron chi connectivity index (χ1n) is 6.27. The Kier molecular flexibility index (Phi) is 3.46. The Hall–Kier alpha value is -1.13. The number of benzene rings is 1. The van der Waals surface area contributed by atoms with Crippen LogP contribution in [0.25, 0.3) is 0 Å². The number of para-hydroxylation sites is 1. The quantitative estimate of drug-likeness (QED) is 0.785. The van der Waals surface area contributed by atoms with E-state index in [1.165, 1.54) is 22.6 Å². The molecular formula is C15H14BrNOS. The van der Waals surface area contributed by atoms with Crippen LogP contribution in [0.2, 0.25) is 0 Å². The van der Waals surface area contributed by atoms with Gasteiger partial charge in [0.05, 0.1) is 11.4 Å². The van der Waals surface area contributed by atoms with Gasteiger partial charge in [-0.1, -0.05) is 18.2 Å². The number of anilines is 1. The maximum atomic E-state index is 12.4. The van der Waals surface area contributed by atoms with E-state index < -0.39 is 0 Å². The van der Waals surface area contributed by atoms with Crippen molar-refractivity contribution in [3.63, 3.8) is 0 Å². The van der Waals surface area contributed by atoms with Gasteiger partial charge in [-0.25, -0.2) is 0 Å². The average Bonchev–Trinajstić information content (AvgIpc) is 2.94. The second kappa shape index (κ2) is 5.10. The van der Waals surface area contributed by atoms with Crippen LogP contribution in [0.5, 0.6) is 0 Å². The third-order valence-corrected chi connectivity index (χ3v) is 5.41. The van der Waals surface area contributed by atoms with Gasteiger partial charge in [0.15, 0.2) is 5.78 Å². The van der Waals surface area contributed by atoms with E-state index in [9.17, 15) is 4.79 Å². The van der Waals surface area contributed by atoms with Gasteiger partial charge in [0.25, 0.3) is 0 Å². The van der Waals surface area contributed by atoms with E-state index in [-0.39, 0.29) is 5.78 Å². The molecule has 4 heteroatoms. The molecule has 1 unspecified atom stereocenters. The molecule has 19 heavy (non-hydrogen) atoms. The van der Waals surface area contributed by atoms with E-state index in [1.54, 1.807) is 0 Å². The molecule has 0 aliphatic carbocycles. The lowest BCUT2D eigenvalue weighted by molar-refractivity contribution is 0.100. The third-order valence-electron chi connectivity index (χ3n) is 3.53. The maximum absolute atomic E-state index is 12.4. The Labute approximate surface area is 125 Å². The molecule has 0 fully saturated rings. The molecule has 3 rings (SSSR count). The van der Waals surface area contributed by atoms with Crippen molar-refractivity contribution >= 4 is 38.7 Å². The summed E-state index contributed by atoms with van der Waals surface area (Å²) >= 11 is 4.93. The first-order valence-corrected chi connectivity index (χ1v) is 7.95. The normalized spacial score (nSPS) is 17.6. The van der Waals surface area contributed by atoms with E-state index >= 15 is 0 Å². The standard InChI is InChI=1S/C15H14BrNOS/c1-10-8-11-4-2-3-5-13(11)17(10)9-14(18)15-12(16)6-7-19-15/h2-7,10H,8-9H2,1H3. The van der Waals surface area contributed by atoms with Crippen molar-refractivity contribution in [1.82, 2.24) is 0 Å². The Morgan fingerprint density at radius 3 is 2.95 bits per heavy atom. The molecule has 1 aromatic carbocycles. The van der Waals surface area contributed by atoms with Crippen LogP contribution in [-0.2, 0) is 6.42 Å². The van der Waals surface area contributed by atoms with Crippen LogP contribution >= 0.6 is 27.3 Å². The zero-order valence-corrected chi connectivity index (χ0v) is 13.0. The fourth-order valence-corrected chi connectivity index (χ4v) is 4.12. The number of carbonyl (C=O) groups is 1. The monoisotopic (exact) mass is 335 g/mol. The maximum Gasteiger partial charge on any atom is 0.193 e. The van der Waals surface area contributed by atoms with E-state index in [0.29, 0.717) is 12.6 Å². The molecule has 2 aromatic rings. The number of nitrogens with zero attached hydrogens (tertiary/aromatic N) is 1. The van der Waals surface area contributed by atoms with Gasteiger partial charge in [-0.05, 0) is 52.4 Å². The number of ketones is 1. The van der Waals surface area contributed by atoms with Gasteiger partial charge in [0.2, 0.25) is 0 Å². The van der Waals surface area contributed by atoms with Crippen molar-refractivity contribution in [2.45, 2.75) is 19.4 Å². The number of Topliss-reactive ketones (excluding diaryl/α,β-unsaturated/α-hetero) is 1. The second-order valence-corrected chi connectivity index (χ2v) is 6.60. The largest absolute Gasteiger partial charge is 0.361 e. The zero-order valence-electron chi connectivity index (χ0n) is 10.6.